The van der Waals surface area contributed by atoms with Crippen molar-refractivity contribution in [2.75, 3.05) is 26.4 Å². The van der Waals surface area contributed by atoms with Gasteiger partial charge in [-0.2, -0.15) is 0 Å². The Balaban J connectivity index is 1.51. The van der Waals surface area contributed by atoms with E-state index in [1.165, 1.54) is 30.4 Å². The molecule has 0 radical (unpaired) electrons. The fourth-order valence-corrected chi connectivity index (χ4v) is 4.31. The fraction of sp³-hybridized carbons (Fsp3) is 0.409. The van der Waals surface area contributed by atoms with E-state index in [2.05, 4.69) is 15.6 Å². The number of halogens is 1. The highest BCUT2D eigenvalue weighted by atomic mass is 32.2. The van der Waals surface area contributed by atoms with Crippen LogP contribution in [0.2, 0.25) is 0 Å². The molecule has 1 fully saturated rings. The van der Waals surface area contributed by atoms with Crippen LogP contribution in [-0.4, -0.2) is 40.8 Å². The summed E-state index contributed by atoms with van der Waals surface area (Å²) in [5.41, 5.74) is 2.26. The van der Waals surface area contributed by atoms with Gasteiger partial charge in [-0.25, -0.2) is 12.8 Å². The van der Waals surface area contributed by atoms with Crippen molar-refractivity contribution < 1.29 is 12.8 Å². The lowest BCUT2D eigenvalue weighted by Crippen LogP contribution is -2.49. The maximum atomic E-state index is 13.3. The van der Waals surface area contributed by atoms with Crippen LogP contribution in [-0.2, 0) is 21.7 Å². The van der Waals surface area contributed by atoms with Crippen molar-refractivity contribution >= 4 is 15.8 Å². The quantitative estimate of drug-likeness (QED) is 0.537. The van der Waals surface area contributed by atoms with Crippen LogP contribution in [0.15, 0.2) is 58.4 Å². The van der Waals surface area contributed by atoms with E-state index >= 15 is 0 Å². The van der Waals surface area contributed by atoms with E-state index in [1.54, 1.807) is 19.2 Å². The molecule has 0 heterocycles. The third-order valence-electron chi connectivity index (χ3n) is 5.64. The van der Waals surface area contributed by atoms with E-state index in [-0.39, 0.29) is 11.2 Å². The van der Waals surface area contributed by atoms with E-state index in [9.17, 15) is 12.8 Å². The molecule has 5 nitrogen and oxygen atoms in total. The van der Waals surface area contributed by atoms with Gasteiger partial charge in [0.1, 0.15) is 5.82 Å². The maximum Gasteiger partial charge on any atom is 0.191 e. The molecule has 1 aliphatic carbocycles. The summed E-state index contributed by atoms with van der Waals surface area (Å²) in [6.07, 6.45) is 5.30. The van der Waals surface area contributed by atoms with E-state index < -0.39 is 9.84 Å². The predicted octanol–water partition coefficient (Wildman–Crippen LogP) is 3.06. The van der Waals surface area contributed by atoms with Crippen LogP contribution in [0.3, 0.4) is 0 Å². The molecule has 1 saturated carbocycles. The number of hydrogen-bond donors (Lipinski definition) is 2. The standard InChI is InChI=1S/C22H28FN3O2S/c1-24-21(25-15-12-17-4-10-20(11-5-17)29(2,27)28)26-16-22(13-3-14-22)18-6-8-19(23)9-7-18/h4-11H,3,12-16H2,1-2H3,(H2,24,25,26). The second-order valence-corrected chi connectivity index (χ2v) is 9.68. The second-order valence-electron chi connectivity index (χ2n) is 7.66. The Morgan fingerprint density at radius 2 is 1.72 bits per heavy atom. The van der Waals surface area contributed by atoms with Gasteiger partial charge in [-0.05, 0) is 54.7 Å². The molecule has 29 heavy (non-hydrogen) atoms. The van der Waals surface area contributed by atoms with Gasteiger partial charge in [0.25, 0.3) is 0 Å². The Kier molecular flexibility index (Phi) is 6.57. The molecule has 0 unspecified atom stereocenters. The number of benzene rings is 2. The molecule has 2 aromatic carbocycles. The zero-order chi connectivity index (χ0) is 20.9. The maximum absolute atomic E-state index is 13.3. The molecule has 0 amide bonds. The van der Waals surface area contributed by atoms with Crippen LogP contribution >= 0.6 is 0 Å². The summed E-state index contributed by atoms with van der Waals surface area (Å²) in [6, 6.07) is 13.8. The minimum Gasteiger partial charge on any atom is -0.356 e. The summed E-state index contributed by atoms with van der Waals surface area (Å²) in [7, 11) is -1.43. The zero-order valence-electron chi connectivity index (χ0n) is 16.9. The van der Waals surface area contributed by atoms with Crippen LogP contribution < -0.4 is 10.6 Å². The number of hydrogen-bond acceptors (Lipinski definition) is 3. The lowest BCUT2D eigenvalue weighted by Gasteiger charge is -2.43. The lowest BCUT2D eigenvalue weighted by molar-refractivity contribution is 0.243. The van der Waals surface area contributed by atoms with Crippen molar-refractivity contribution in [3.8, 4) is 0 Å². The molecule has 2 N–H and O–H groups in total. The Hall–Kier alpha value is -2.41. The van der Waals surface area contributed by atoms with Crippen molar-refractivity contribution in [1.29, 1.82) is 0 Å². The van der Waals surface area contributed by atoms with Crippen LogP contribution in [0.1, 0.15) is 30.4 Å². The van der Waals surface area contributed by atoms with E-state index in [1.807, 2.05) is 24.3 Å². The van der Waals surface area contributed by atoms with Gasteiger partial charge in [0.05, 0.1) is 4.90 Å². The van der Waals surface area contributed by atoms with Crippen molar-refractivity contribution in [1.82, 2.24) is 10.6 Å². The third kappa shape index (κ3) is 5.35. The molecule has 2 aromatic rings. The van der Waals surface area contributed by atoms with Crippen molar-refractivity contribution in [3.05, 3.63) is 65.5 Å². The topological polar surface area (TPSA) is 70.6 Å². The van der Waals surface area contributed by atoms with Gasteiger partial charge < -0.3 is 10.6 Å². The van der Waals surface area contributed by atoms with E-state index in [4.69, 9.17) is 0 Å². The van der Waals surface area contributed by atoms with Crippen molar-refractivity contribution in [2.24, 2.45) is 4.99 Å². The zero-order valence-corrected chi connectivity index (χ0v) is 17.7. The summed E-state index contributed by atoms with van der Waals surface area (Å²) in [6.45, 7) is 1.43. The van der Waals surface area contributed by atoms with E-state index in [0.29, 0.717) is 11.4 Å². The highest BCUT2D eigenvalue weighted by molar-refractivity contribution is 7.90. The largest absolute Gasteiger partial charge is 0.356 e. The molecule has 0 atom stereocenters. The minimum absolute atomic E-state index is 0.0345. The number of sulfone groups is 1. The van der Waals surface area contributed by atoms with Crippen LogP contribution in [0.5, 0.6) is 0 Å². The fourth-order valence-electron chi connectivity index (χ4n) is 3.68. The Bertz CT molecular complexity index is 951. The Morgan fingerprint density at radius 3 is 2.24 bits per heavy atom. The van der Waals surface area contributed by atoms with Gasteiger partial charge >= 0.3 is 0 Å². The molecule has 7 heteroatoms. The van der Waals surface area contributed by atoms with Gasteiger partial charge in [-0.15, -0.1) is 0 Å². The SMILES string of the molecule is CN=C(NCCc1ccc(S(C)(=O)=O)cc1)NCC1(c2ccc(F)cc2)CCC1. The summed E-state index contributed by atoms with van der Waals surface area (Å²) in [5, 5.41) is 6.71. The summed E-state index contributed by atoms with van der Waals surface area (Å²) in [5.74, 6) is 0.518. The first-order valence-corrected chi connectivity index (χ1v) is 11.7. The summed E-state index contributed by atoms with van der Waals surface area (Å²) in [4.78, 5) is 4.62. The van der Waals surface area contributed by atoms with Crippen molar-refractivity contribution in [3.63, 3.8) is 0 Å². The monoisotopic (exact) mass is 417 g/mol. The smallest absolute Gasteiger partial charge is 0.191 e. The van der Waals surface area contributed by atoms with Crippen LogP contribution in [0, 0.1) is 5.82 Å². The van der Waals surface area contributed by atoms with Gasteiger partial charge in [0.15, 0.2) is 15.8 Å². The molecule has 0 bridgehead atoms. The first kappa shape index (κ1) is 21.3. The predicted molar refractivity (Wildman–Crippen MR) is 115 cm³/mol. The van der Waals surface area contributed by atoms with Crippen LogP contribution in [0.4, 0.5) is 4.39 Å². The molecule has 0 saturated heterocycles. The van der Waals surface area contributed by atoms with Crippen molar-refractivity contribution in [2.45, 2.75) is 36.0 Å². The normalized spacial score (nSPS) is 16.2. The molecule has 1 aliphatic rings. The Morgan fingerprint density at radius 1 is 1.07 bits per heavy atom. The van der Waals surface area contributed by atoms with E-state index in [0.717, 1.165) is 37.3 Å². The molecule has 0 aromatic heterocycles. The minimum atomic E-state index is -3.17. The number of nitrogens with one attached hydrogen (secondary N) is 2. The summed E-state index contributed by atoms with van der Waals surface area (Å²) < 4.78 is 36.3. The Labute approximate surface area is 172 Å². The number of aliphatic imine (C=N–C) groups is 1. The summed E-state index contributed by atoms with van der Waals surface area (Å²) >= 11 is 0. The molecule has 0 spiro atoms. The molecule has 3 rings (SSSR count). The van der Waals surface area contributed by atoms with Gasteiger partial charge in [0, 0.05) is 31.8 Å². The number of guanidine groups is 1. The van der Waals surface area contributed by atoms with Gasteiger partial charge in [0.2, 0.25) is 0 Å². The third-order valence-corrected chi connectivity index (χ3v) is 6.77. The average Bonchev–Trinajstić information content (AvgIpc) is 2.66. The molecular formula is C22H28FN3O2S. The average molecular weight is 418 g/mol. The first-order chi connectivity index (χ1) is 13.8. The number of nitrogens with zero attached hydrogens (tertiary/aromatic N) is 1. The highest BCUT2D eigenvalue weighted by Crippen LogP contribution is 2.43. The molecule has 0 aliphatic heterocycles. The lowest BCUT2D eigenvalue weighted by atomic mass is 9.64. The number of rotatable bonds is 7. The van der Waals surface area contributed by atoms with Gasteiger partial charge in [-0.1, -0.05) is 30.7 Å². The highest BCUT2D eigenvalue weighted by Gasteiger charge is 2.38. The second kappa shape index (κ2) is 8.95. The first-order valence-electron chi connectivity index (χ1n) is 9.82. The van der Waals surface area contributed by atoms with Gasteiger partial charge in [-0.3, -0.25) is 4.99 Å². The molecule has 156 valence electrons. The molecular weight excluding hydrogens is 389 g/mol. The van der Waals surface area contributed by atoms with Crippen LogP contribution in [0.25, 0.3) is 0 Å².